The molecule has 2 rings (SSSR count). The van der Waals surface area contributed by atoms with Crippen molar-refractivity contribution < 1.29 is 19.4 Å². The molecule has 1 aromatic heterocycles. The standard InChI is InChI=1S/C12H15NO4/c14-12(15)10-5-3-6-13-11(10)17-8-9-4-1-2-7-16-9/h3,5-6,9H,1-2,4,7-8H2,(H,14,15). The van der Waals surface area contributed by atoms with Crippen molar-refractivity contribution >= 4 is 5.97 Å². The first-order chi connectivity index (χ1) is 8.27. The SMILES string of the molecule is O=C(O)c1cccnc1OCC1CCCCO1. The second kappa shape index (κ2) is 5.63. The molecule has 92 valence electrons. The van der Waals surface area contributed by atoms with Gasteiger partial charge in [-0.15, -0.1) is 0 Å². The normalized spacial score (nSPS) is 19.9. The van der Waals surface area contributed by atoms with Crippen LogP contribution >= 0.6 is 0 Å². The second-order valence-corrected chi connectivity index (χ2v) is 3.96. The number of aromatic nitrogens is 1. The summed E-state index contributed by atoms with van der Waals surface area (Å²) < 4.78 is 10.9. The van der Waals surface area contributed by atoms with Crippen molar-refractivity contribution in [2.45, 2.75) is 25.4 Å². The van der Waals surface area contributed by atoms with Crippen molar-refractivity contribution in [2.24, 2.45) is 0 Å². The number of carboxylic acids is 1. The summed E-state index contributed by atoms with van der Waals surface area (Å²) in [5.74, 6) is -0.869. The molecule has 0 aromatic carbocycles. The van der Waals surface area contributed by atoms with Crippen molar-refractivity contribution in [3.63, 3.8) is 0 Å². The maximum Gasteiger partial charge on any atom is 0.341 e. The molecule has 0 amide bonds. The van der Waals surface area contributed by atoms with E-state index in [0.717, 1.165) is 25.9 Å². The number of pyridine rings is 1. The van der Waals surface area contributed by atoms with E-state index in [2.05, 4.69) is 4.98 Å². The third-order valence-corrected chi connectivity index (χ3v) is 2.68. The van der Waals surface area contributed by atoms with Crippen LogP contribution in [-0.4, -0.2) is 35.4 Å². The van der Waals surface area contributed by atoms with Crippen LogP contribution in [0.5, 0.6) is 5.88 Å². The quantitative estimate of drug-likeness (QED) is 0.863. The number of aromatic carboxylic acids is 1. The number of carbonyl (C=O) groups is 1. The van der Waals surface area contributed by atoms with Crippen LogP contribution in [0.3, 0.4) is 0 Å². The van der Waals surface area contributed by atoms with Gasteiger partial charge in [-0.3, -0.25) is 0 Å². The van der Waals surface area contributed by atoms with Gasteiger partial charge in [-0.1, -0.05) is 0 Å². The highest BCUT2D eigenvalue weighted by Crippen LogP contribution is 2.17. The van der Waals surface area contributed by atoms with Crippen molar-refractivity contribution in [2.75, 3.05) is 13.2 Å². The van der Waals surface area contributed by atoms with Gasteiger partial charge in [0.1, 0.15) is 12.2 Å². The average Bonchev–Trinajstić information content (AvgIpc) is 2.38. The lowest BCUT2D eigenvalue weighted by molar-refractivity contribution is -0.0122. The molecule has 1 aliphatic rings. The number of rotatable bonds is 4. The molecule has 1 unspecified atom stereocenters. The van der Waals surface area contributed by atoms with E-state index in [9.17, 15) is 4.79 Å². The summed E-state index contributed by atoms with van der Waals surface area (Å²) in [5.41, 5.74) is 0.0864. The minimum atomic E-state index is -1.03. The van der Waals surface area contributed by atoms with Crippen LogP contribution in [0.15, 0.2) is 18.3 Å². The fraction of sp³-hybridized carbons (Fsp3) is 0.500. The van der Waals surface area contributed by atoms with Gasteiger partial charge in [0.25, 0.3) is 0 Å². The van der Waals surface area contributed by atoms with Crippen molar-refractivity contribution in [3.8, 4) is 5.88 Å². The first-order valence-corrected chi connectivity index (χ1v) is 5.70. The Labute approximate surface area is 99.4 Å². The summed E-state index contributed by atoms with van der Waals surface area (Å²) in [4.78, 5) is 14.8. The van der Waals surface area contributed by atoms with E-state index < -0.39 is 5.97 Å². The molecule has 1 atom stereocenters. The lowest BCUT2D eigenvalue weighted by atomic mass is 10.1. The minimum absolute atomic E-state index is 0.0485. The van der Waals surface area contributed by atoms with E-state index in [1.165, 1.54) is 12.3 Å². The number of nitrogens with zero attached hydrogens (tertiary/aromatic N) is 1. The number of ether oxygens (including phenoxy) is 2. The van der Waals surface area contributed by atoms with Gasteiger partial charge in [-0.2, -0.15) is 0 Å². The van der Waals surface area contributed by atoms with Gasteiger partial charge in [0, 0.05) is 12.8 Å². The van der Waals surface area contributed by atoms with E-state index in [1.54, 1.807) is 6.07 Å². The van der Waals surface area contributed by atoms with Crippen LogP contribution in [-0.2, 0) is 4.74 Å². The Kier molecular flexibility index (Phi) is 3.93. The van der Waals surface area contributed by atoms with Crippen LogP contribution in [0.25, 0.3) is 0 Å². The van der Waals surface area contributed by atoms with Gasteiger partial charge in [-0.25, -0.2) is 9.78 Å². The Morgan fingerprint density at radius 1 is 1.59 bits per heavy atom. The van der Waals surface area contributed by atoms with Gasteiger partial charge in [0.2, 0.25) is 5.88 Å². The first kappa shape index (κ1) is 11.9. The fourth-order valence-electron chi connectivity index (χ4n) is 1.78. The van der Waals surface area contributed by atoms with Gasteiger partial charge in [0.15, 0.2) is 0 Å². The molecule has 5 nitrogen and oxygen atoms in total. The van der Waals surface area contributed by atoms with E-state index in [0.29, 0.717) is 6.61 Å². The molecule has 0 bridgehead atoms. The topological polar surface area (TPSA) is 68.7 Å². The molecule has 1 aromatic rings. The molecule has 0 saturated carbocycles. The second-order valence-electron chi connectivity index (χ2n) is 3.96. The molecule has 17 heavy (non-hydrogen) atoms. The average molecular weight is 237 g/mol. The summed E-state index contributed by atoms with van der Waals surface area (Å²) in [5, 5.41) is 8.95. The molecule has 2 heterocycles. The zero-order valence-electron chi connectivity index (χ0n) is 9.46. The molecule has 1 fully saturated rings. The predicted octanol–water partition coefficient (Wildman–Crippen LogP) is 1.73. The maximum absolute atomic E-state index is 10.9. The molecule has 0 radical (unpaired) electrons. The first-order valence-electron chi connectivity index (χ1n) is 5.70. The number of hydrogen-bond donors (Lipinski definition) is 1. The molecule has 1 N–H and O–H groups in total. The number of carboxylic acid groups (broad SMARTS) is 1. The highest BCUT2D eigenvalue weighted by atomic mass is 16.5. The molecule has 5 heteroatoms. The Morgan fingerprint density at radius 2 is 2.47 bits per heavy atom. The minimum Gasteiger partial charge on any atom is -0.477 e. The monoisotopic (exact) mass is 237 g/mol. The lowest BCUT2D eigenvalue weighted by Crippen LogP contribution is -2.26. The Bertz CT molecular complexity index is 388. The summed E-state index contributed by atoms with van der Waals surface area (Å²) >= 11 is 0. The zero-order chi connectivity index (χ0) is 12.1. The van der Waals surface area contributed by atoms with E-state index >= 15 is 0 Å². The molecule has 1 saturated heterocycles. The van der Waals surface area contributed by atoms with Gasteiger partial charge >= 0.3 is 5.97 Å². The van der Waals surface area contributed by atoms with Crippen molar-refractivity contribution in [1.82, 2.24) is 4.98 Å². The van der Waals surface area contributed by atoms with Gasteiger partial charge < -0.3 is 14.6 Å². The van der Waals surface area contributed by atoms with Crippen LogP contribution in [0.2, 0.25) is 0 Å². The molecule has 0 aliphatic carbocycles. The van der Waals surface area contributed by atoms with E-state index in [1.807, 2.05) is 0 Å². The molecule has 0 spiro atoms. The third kappa shape index (κ3) is 3.17. The van der Waals surface area contributed by atoms with Crippen molar-refractivity contribution in [1.29, 1.82) is 0 Å². The van der Waals surface area contributed by atoms with Crippen LogP contribution in [0, 0.1) is 0 Å². The Morgan fingerprint density at radius 3 is 3.18 bits per heavy atom. The van der Waals surface area contributed by atoms with E-state index in [-0.39, 0.29) is 17.5 Å². The van der Waals surface area contributed by atoms with Crippen molar-refractivity contribution in [3.05, 3.63) is 23.9 Å². The van der Waals surface area contributed by atoms with Crippen LogP contribution < -0.4 is 4.74 Å². The summed E-state index contributed by atoms with van der Waals surface area (Å²) in [7, 11) is 0. The van der Waals surface area contributed by atoms with Crippen LogP contribution in [0.4, 0.5) is 0 Å². The molecule has 1 aliphatic heterocycles. The highest BCUT2D eigenvalue weighted by Gasteiger charge is 2.17. The summed E-state index contributed by atoms with van der Waals surface area (Å²) in [6, 6.07) is 3.06. The Hall–Kier alpha value is -1.62. The third-order valence-electron chi connectivity index (χ3n) is 2.68. The fourth-order valence-corrected chi connectivity index (χ4v) is 1.78. The summed E-state index contributed by atoms with van der Waals surface area (Å²) in [6.45, 7) is 1.11. The highest BCUT2D eigenvalue weighted by molar-refractivity contribution is 5.90. The van der Waals surface area contributed by atoms with E-state index in [4.69, 9.17) is 14.6 Å². The predicted molar refractivity (Wildman–Crippen MR) is 60.3 cm³/mol. The zero-order valence-corrected chi connectivity index (χ0v) is 9.46. The maximum atomic E-state index is 10.9. The number of hydrogen-bond acceptors (Lipinski definition) is 4. The Balaban J connectivity index is 1.96. The van der Waals surface area contributed by atoms with Crippen LogP contribution in [0.1, 0.15) is 29.6 Å². The lowest BCUT2D eigenvalue weighted by Gasteiger charge is -2.22. The van der Waals surface area contributed by atoms with Gasteiger partial charge in [-0.05, 0) is 31.4 Å². The molecular weight excluding hydrogens is 222 g/mol. The smallest absolute Gasteiger partial charge is 0.341 e. The summed E-state index contributed by atoms with van der Waals surface area (Å²) in [6.07, 6.45) is 4.73. The largest absolute Gasteiger partial charge is 0.477 e. The molecular formula is C12H15NO4. The van der Waals surface area contributed by atoms with Gasteiger partial charge in [0.05, 0.1) is 6.10 Å².